The molecule has 2 aliphatic heterocycles. The predicted molar refractivity (Wildman–Crippen MR) is 81.5 cm³/mol. The van der Waals surface area contributed by atoms with Gasteiger partial charge in [-0.1, -0.05) is 6.07 Å². The summed E-state index contributed by atoms with van der Waals surface area (Å²) in [4.78, 5) is 14.7. The van der Waals surface area contributed by atoms with E-state index >= 15 is 0 Å². The molecule has 1 amide bonds. The van der Waals surface area contributed by atoms with Crippen molar-refractivity contribution in [2.75, 3.05) is 33.4 Å². The molecule has 1 saturated heterocycles. The van der Waals surface area contributed by atoms with Crippen molar-refractivity contribution in [3.8, 4) is 11.5 Å². The molecule has 2 aliphatic rings. The Morgan fingerprint density at radius 3 is 2.64 bits per heavy atom. The number of fused-ring (bicyclic) bond motifs is 1. The highest BCUT2D eigenvalue weighted by atomic mass is 16.6. The molecule has 0 aromatic heterocycles. The highest BCUT2D eigenvalue weighted by Crippen LogP contribution is 2.31. The second kappa shape index (κ2) is 6.44. The minimum atomic E-state index is -0.812. The number of nitrogens with zero attached hydrogens (tertiary/aromatic N) is 2. The summed E-state index contributed by atoms with van der Waals surface area (Å²) in [6, 6.07) is 6.49. The van der Waals surface area contributed by atoms with Crippen LogP contribution in [-0.2, 0) is 6.54 Å². The highest BCUT2D eigenvalue weighted by Gasteiger charge is 2.25. The van der Waals surface area contributed by atoms with E-state index in [1.54, 1.807) is 0 Å². The lowest BCUT2D eigenvalue weighted by atomic mass is 10.0. The number of carbonyl (C=O) groups is 1. The van der Waals surface area contributed by atoms with Gasteiger partial charge in [0.2, 0.25) is 0 Å². The first-order valence-corrected chi connectivity index (χ1v) is 7.70. The Kier molecular flexibility index (Phi) is 4.38. The van der Waals surface area contributed by atoms with E-state index in [0.29, 0.717) is 32.3 Å². The number of benzene rings is 1. The molecule has 0 saturated carbocycles. The second-order valence-electron chi connectivity index (χ2n) is 5.89. The van der Waals surface area contributed by atoms with Crippen LogP contribution in [-0.4, -0.2) is 60.4 Å². The number of hydrogen-bond donors (Lipinski definition) is 1. The van der Waals surface area contributed by atoms with Crippen LogP contribution in [0.3, 0.4) is 0 Å². The van der Waals surface area contributed by atoms with Crippen molar-refractivity contribution < 1.29 is 19.4 Å². The molecule has 2 heterocycles. The van der Waals surface area contributed by atoms with Crippen LogP contribution in [0.1, 0.15) is 18.4 Å². The Balaban J connectivity index is 1.58. The Morgan fingerprint density at radius 1 is 1.27 bits per heavy atom. The molecule has 3 rings (SSSR count). The molecule has 120 valence electrons. The van der Waals surface area contributed by atoms with E-state index in [9.17, 15) is 4.79 Å². The van der Waals surface area contributed by atoms with Crippen LogP contribution in [0.15, 0.2) is 18.2 Å². The molecule has 0 spiro atoms. The zero-order valence-electron chi connectivity index (χ0n) is 12.8. The standard InChI is InChI=1S/C16H22N2O4/c1-17(13-4-6-18(7-5-13)16(19)20)11-12-2-3-14-15(10-12)22-9-8-21-14/h2-3,10,13H,4-9,11H2,1H3,(H,19,20). The molecular weight excluding hydrogens is 284 g/mol. The van der Waals surface area contributed by atoms with Gasteiger partial charge in [-0.05, 0) is 37.6 Å². The Hall–Kier alpha value is -1.95. The maximum Gasteiger partial charge on any atom is 0.407 e. The fourth-order valence-corrected chi connectivity index (χ4v) is 3.10. The Morgan fingerprint density at radius 2 is 1.95 bits per heavy atom. The largest absolute Gasteiger partial charge is 0.486 e. The van der Waals surface area contributed by atoms with Gasteiger partial charge in [-0.15, -0.1) is 0 Å². The van der Waals surface area contributed by atoms with Crippen molar-refractivity contribution >= 4 is 6.09 Å². The first-order chi connectivity index (χ1) is 10.6. The van der Waals surface area contributed by atoms with Gasteiger partial charge in [0.1, 0.15) is 13.2 Å². The number of rotatable bonds is 3. The van der Waals surface area contributed by atoms with Gasteiger partial charge in [-0.2, -0.15) is 0 Å². The van der Waals surface area contributed by atoms with Crippen molar-refractivity contribution in [3.63, 3.8) is 0 Å². The van der Waals surface area contributed by atoms with Gasteiger partial charge in [-0.25, -0.2) is 4.79 Å². The van der Waals surface area contributed by atoms with Crippen LogP contribution in [0, 0.1) is 0 Å². The number of ether oxygens (including phenoxy) is 2. The lowest BCUT2D eigenvalue weighted by Gasteiger charge is -2.35. The molecule has 1 aromatic rings. The molecule has 0 radical (unpaired) electrons. The van der Waals surface area contributed by atoms with E-state index in [-0.39, 0.29) is 0 Å². The molecule has 6 nitrogen and oxygen atoms in total. The number of hydrogen-bond acceptors (Lipinski definition) is 4. The van der Waals surface area contributed by atoms with Crippen LogP contribution in [0.25, 0.3) is 0 Å². The van der Waals surface area contributed by atoms with E-state index in [4.69, 9.17) is 14.6 Å². The topological polar surface area (TPSA) is 62.2 Å². The molecular formula is C16H22N2O4. The van der Waals surface area contributed by atoms with Gasteiger partial charge in [0.05, 0.1) is 0 Å². The second-order valence-corrected chi connectivity index (χ2v) is 5.89. The van der Waals surface area contributed by atoms with Crippen molar-refractivity contribution in [3.05, 3.63) is 23.8 Å². The molecule has 0 bridgehead atoms. The first-order valence-electron chi connectivity index (χ1n) is 7.70. The summed E-state index contributed by atoms with van der Waals surface area (Å²) in [5.41, 5.74) is 1.19. The van der Waals surface area contributed by atoms with Gasteiger partial charge >= 0.3 is 6.09 Å². The lowest BCUT2D eigenvalue weighted by Crippen LogP contribution is -2.44. The maximum absolute atomic E-state index is 10.9. The smallest absolute Gasteiger partial charge is 0.407 e. The number of carboxylic acid groups (broad SMARTS) is 1. The average molecular weight is 306 g/mol. The molecule has 6 heteroatoms. The normalized spacial score (nSPS) is 18.5. The quantitative estimate of drug-likeness (QED) is 0.926. The third-order valence-electron chi connectivity index (χ3n) is 4.40. The maximum atomic E-state index is 10.9. The summed E-state index contributed by atoms with van der Waals surface area (Å²) >= 11 is 0. The molecule has 0 unspecified atom stereocenters. The molecule has 0 atom stereocenters. The fourth-order valence-electron chi connectivity index (χ4n) is 3.10. The van der Waals surface area contributed by atoms with Crippen LogP contribution in [0.5, 0.6) is 11.5 Å². The van der Waals surface area contributed by atoms with Crippen LogP contribution in [0.4, 0.5) is 4.79 Å². The van der Waals surface area contributed by atoms with Crippen molar-refractivity contribution in [2.45, 2.75) is 25.4 Å². The summed E-state index contributed by atoms with van der Waals surface area (Å²) < 4.78 is 11.2. The summed E-state index contributed by atoms with van der Waals surface area (Å²) in [6.07, 6.45) is 0.952. The molecule has 1 fully saturated rings. The molecule has 1 aromatic carbocycles. The van der Waals surface area contributed by atoms with Gasteiger partial charge in [0, 0.05) is 25.7 Å². The minimum Gasteiger partial charge on any atom is -0.486 e. The van der Waals surface area contributed by atoms with Gasteiger partial charge < -0.3 is 19.5 Å². The van der Waals surface area contributed by atoms with Crippen LogP contribution in [0.2, 0.25) is 0 Å². The number of piperidine rings is 1. The summed E-state index contributed by atoms with van der Waals surface area (Å²) in [5, 5.41) is 9.00. The third-order valence-corrected chi connectivity index (χ3v) is 4.40. The molecule has 22 heavy (non-hydrogen) atoms. The highest BCUT2D eigenvalue weighted by molar-refractivity contribution is 5.65. The van der Waals surface area contributed by atoms with Gasteiger partial charge in [-0.3, -0.25) is 4.90 Å². The van der Waals surface area contributed by atoms with Gasteiger partial charge in [0.25, 0.3) is 0 Å². The van der Waals surface area contributed by atoms with E-state index in [0.717, 1.165) is 30.9 Å². The zero-order valence-corrected chi connectivity index (χ0v) is 12.8. The zero-order chi connectivity index (χ0) is 15.5. The van der Waals surface area contributed by atoms with E-state index in [1.165, 1.54) is 10.5 Å². The van der Waals surface area contributed by atoms with Crippen molar-refractivity contribution in [1.82, 2.24) is 9.80 Å². The summed E-state index contributed by atoms with van der Waals surface area (Å²) in [7, 11) is 2.10. The third kappa shape index (κ3) is 3.27. The molecule has 0 aliphatic carbocycles. The lowest BCUT2D eigenvalue weighted by molar-refractivity contribution is 0.103. The SMILES string of the molecule is CN(Cc1ccc2c(c1)OCCO2)C1CCN(C(=O)O)CC1. The minimum absolute atomic E-state index is 0.420. The van der Waals surface area contributed by atoms with Crippen LogP contribution < -0.4 is 9.47 Å². The van der Waals surface area contributed by atoms with Crippen LogP contribution >= 0.6 is 0 Å². The van der Waals surface area contributed by atoms with Crippen molar-refractivity contribution in [2.24, 2.45) is 0 Å². The van der Waals surface area contributed by atoms with E-state index < -0.39 is 6.09 Å². The Labute approximate surface area is 130 Å². The Bertz CT molecular complexity index is 541. The monoisotopic (exact) mass is 306 g/mol. The number of likely N-dealkylation sites (tertiary alicyclic amines) is 1. The fraction of sp³-hybridized carbons (Fsp3) is 0.562. The number of amides is 1. The van der Waals surface area contributed by atoms with Crippen molar-refractivity contribution in [1.29, 1.82) is 0 Å². The summed E-state index contributed by atoms with van der Waals surface area (Å²) in [6.45, 7) is 3.26. The predicted octanol–water partition coefficient (Wildman–Crippen LogP) is 2.03. The van der Waals surface area contributed by atoms with E-state index in [2.05, 4.69) is 18.0 Å². The van der Waals surface area contributed by atoms with Gasteiger partial charge in [0.15, 0.2) is 11.5 Å². The summed E-state index contributed by atoms with van der Waals surface area (Å²) in [5.74, 6) is 1.63. The first kappa shape index (κ1) is 15.0. The average Bonchev–Trinajstić information content (AvgIpc) is 2.55. The molecule has 1 N–H and O–H groups in total. The van der Waals surface area contributed by atoms with E-state index in [1.807, 2.05) is 12.1 Å².